The molecule has 0 atom stereocenters. The second-order valence-corrected chi connectivity index (χ2v) is 5.72. The topological polar surface area (TPSA) is 87.0 Å². The molecule has 122 valence electrons. The SMILES string of the molecule is N#Cc1ccccc1NC(=O)NCc1ccc(OCC2CC2)nc1. The van der Waals surface area contributed by atoms with Gasteiger partial charge in [0.25, 0.3) is 0 Å². The zero-order chi connectivity index (χ0) is 16.8. The normalized spacial score (nSPS) is 13.0. The lowest BCUT2D eigenvalue weighted by Gasteiger charge is -2.09. The molecule has 2 aromatic rings. The van der Waals surface area contributed by atoms with Crippen molar-refractivity contribution in [2.45, 2.75) is 19.4 Å². The Labute approximate surface area is 140 Å². The van der Waals surface area contributed by atoms with E-state index < -0.39 is 0 Å². The molecule has 1 aliphatic rings. The molecule has 6 nitrogen and oxygen atoms in total. The second kappa shape index (κ2) is 7.47. The van der Waals surface area contributed by atoms with E-state index >= 15 is 0 Å². The van der Waals surface area contributed by atoms with Crippen LogP contribution in [0.15, 0.2) is 42.6 Å². The number of para-hydroxylation sites is 1. The van der Waals surface area contributed by atoms with E-state index in [0.29, 0.717) is 29.6 Å². The molecule has 0 unspecified atom stereocenters. The van der Waals surface area contributed by atoms with Crippen LogP contribution in [0.3, 0.4) is 0 Å². The smallest absolute Gasteiger partial charge is 0.319 e. The molecule has 0 radical (unpaired) electrons. The standard InChI is InChI=1S/C18H18N4O2/c19-9-15-3-1-2-4-16(15)22-18(23)21-11-14-7-8-17(20-10-14)24-12-13-5-6-13/h1-4,7-8,10,13H,5-6,11-12H2,(H2,21,22,23). The molecule has 1 saturated carbocycles. The summed E-state index contributed by atoms with van der Waals surface area (Å²) in [5.74, 6) is 1.30. The molecule has 6 heteroatoms. The number of urea groups is 1. The van der Waals surface area contributed by atoms with Gasteiger partial charge in [0.15, 0.2) is 0 Å². The Morgan fingerprint density at radius 3 is 2.83 bits per heavy atom. The number of nitrogens with one attached hydrogen (secondary N) is 2. The third-order valence-electron chi connectivity index (χ3n) is 3.71. The molecule has 1 aromatic heterocycles. The van der Waals surface area contributed by atoms with Gasteiger partial charge >= 0.3 is 6.03 Å². The molecule has 0 bridgehead atoms. The third-order valence-corrected chi connectivity index (χ3v) is 3.71. The summed E-state index contributed by atoms with van der Waals surface area (Å²) >= 11 is 0. The molecule has 1 aliphatic carbocycles. The number of nitrogens with zero attached hydrogens (tertiary/aromatic N) is 2. The lowest BCUT2D eigenvalue weighted by Crippen LogP contribution is -2.28. The first kappa shape index (κ1) is 15.8. The van der Waals surface area contributed by atoms with E-state index in [1.54, 1.807) is 30.5 Å². The molecule has 0 saturated heterocycles. The van der Waals surface area contributed by atoms with Crippen LogP contribution in [-0.4, -0.2) is 17.6 Å². The van der Waals surface area contributed by atoms with Gasteiger partial charge < -0.3 is 15.4 Å². The number of amides is 2. The van der Waals surface area contributed by atoms with Crippen molar-refractivity contribution < 1.29 is 9.53 Å². The van der Waals surface area contributed by atoms with Crippen LogP contribution in [0.5, 0.6) is 5.88 Å². The number of pyridine rings is 1. The number of hydrogen-bond acceptors (Lipinski definition) is 4. The van der Waals surface area contributed by atoms with E-state index in [2.05, 4.69) is 15.6 Å². The van der Waals surface area contributed by atoms with Gasteiger partial charge in [-0.05, 0) is 36.5 Å². The number of carbonyl (C=O) groups excluding carboxylic acids is 1. The van der Waals surface area contributed by atoms with Gasteiger partial charge in [-0.25, -0.2) is 9.78 Å². The number of ether oxygens (including phenoxy) is 1. The van der Waals surface area contributed by atoms with E-state index in [1.165, 1.54) is 12.8 Å². The number of anilines is 1. The molecule has 0 spiro atoms. The zero-order valence-corrected chi connectivity index (χ0v) is 13.2. The summed E-state index contributed by atoms with van der Waals surface area (Å²) < 4.78 is 5.57. The third kappa shape index (κ3) is 4.46. The first-order valence-corrected chi connectivity index (χ1v) is 7.86. The molecule has 2 N–H and O–H groups in total. The van der Waals surface area contributed by atoms with Gasteiger partial charge in [0.2, 0.25) is 5.88 Å². The number of hydrogen-bond donors (Lipinski definition) is 2. The van der Waals surface area contributed by atoms with Crippen LogP contribution in [0.1, 0.15) is 24.0 Å². The van der Waals surface area contributed by atoms with E-state index in [-0.39, 0.29) is 6.03 Å². The van der Waals surface area contributed by atoms with Gasteiger partial charge in [0, 0.05) is 18.8 Å². The predicted octanol–water partition coefficient (Wildman–Crippen LogP) is 3.06. The highest BCUT2D eigenvalue weighted by atomic mass is 16.5. The van der Waals surface area contributed by atoms with Crippen molar-refractivity contribution in [3.05, 3.63) is 53.7 Å². The van der Waals surface area contributed by atoms with Crippen LogP contribution in [0, 0.1) is 17.2 Å². The highest BCUT2D eigenvalue weighted by molar-refractivity contribution is 5.90. The lowest BCUT2D eigenvalue weighted by atomic mass is 10.2. The Balaban J connectivity index is 1.47. The largest absolute Gasteiger partial charge is 0.477 e. The van der Waals surface area contributed by atoms with Crippen LogP contribution in [-0.2, 0) is 6.54 Å². The van der Waals surface area contributed by atoms with E-state index in [4.69, 9.17) is 10.00 Å². The number of aromatic nitrogens is 1. The lowest BCUT2D eigenvalue weighted by molar-refractivity contribution is 0.251. The van der Waals surface area contributed by atoms with Crippen LogP contribution in [0.4, 0.5) is 10.5 Å². The average Bonchev–Trinajstić information content (AvgIpc) is 3.44. The Hall–Kier alpha value is -3.07. The minimum atomic E-state index is -0.369. The van der Waals surface area contributed by atoms with Crippen molar-refractivity contribution in [3.63, 3.8) is 0 Å². The van der Waals surface area contributed by atoms with Gasteiger partial charge in [0.05, 0.1) is 17.9 Å². The summed E-state index contributed by atoms with van der Waals surface area (Å²) in [7, 11) is 0. The van der Waals surface area contributed by atoms with Crippen molar-refractivity contribution in [2.24, 2.45) is 5.92 Å². The van der Waals surface area contributed by atoms with E-state index in [9.17, 15) is 4.79 Å². The maximum Gasteiger partial charge on any atom is 0.319 e. The van der Waals surface area contributed by atoms with Crippen molar-refractivity contribution >= 4 is 11.7 Å². The van der Waals surface area contributed by atoms with Crippen LogP contribution in [0.25, 0.3) is 0 Å². The van der Waals surface area contributed by atoms with Gasteiger partial charge in [-0.1, -0.05) is 18.2 Å². The quantitative estimate of drug-likeness (QED) is 0.855. The summed E-state index contributed by atoms with van der Waals surface area (Å²) in [4.78, 5) is 16.2. The summed E-state index contributed by atoms with van der Waals surface area (Å²) in [6.45, 7) is 1.07. The molecule has 24 heavy (non-hydrogen) atoms. The van der Waals surface area contributed by atoms with Crippen LogP contribution >= 0.6 is 0 Å². The maximum absolute atomic E-state index is 11.9. The van der Waals surface area contributed by atoms with Crippen molar-refractivity contribution in [2.75, 3.05) is 11.9 Å². The highest BCUT2D eigenvalue weighted by Gasteiger charge is 2.22. The molecule has 1 aromatic carbocycles. The Morgan fingerprint density at radius 2 is 2.12 bits per heavy atom. The minimum absolute atomic E-state index is 0.344. The first-order chi connectivity index (χ1) is 11.7. The maximum atomic E-state index is 11.9. The molecular formula is C18H18N4O2. The molecule has 0 aliphatic heterocycles. The average molecular weight is 322 g/mol. The van der Waals surface area contributed by atoms with Gasteiger partial charge in [-0.2, -0.15) is 5.26 Å². The van der Waals surface area contributed by atoms with Crippen LogP contribution in [0.2, 0.25) is 0 Å². The number of nitriles is 1. The fraction of sp³-hybridized carbons (Fsp3) is 0.278. The summed E-state index contributed by atoms with van der Waals surface area (Å²) in [6, 6.07) is 12.2. The molecular weight excluding hydrogens is 304 g/mol. The highest BCUT2D eigenvalue weighted by Crippen LogP contribution is 2.29. The van der Waals surface area contributed by atoms with Gasteiger partial charge in [-0.3, -0.25) is 0 Å². The Morgan fingerprint density at radius 1 is 1.29 bits per heavy atom. The number of benzene rings is 1. The molecule has 3 rings (SSSR count). The van der Waals surface area contributed by atoms with Crippen molar-refractivity contribution in [3.8, 4) is 11.9 Å². The Kier molecular flexibility index (Phi) is 4.92. The molecule has 2 amide bonds. The number of rotatable bonds is 6. The fourth-order valence-electron chi connectivity index (χ4n) is 2.13. The fourth-order valence-corrected chi connectivity index (χ4v) is 2.13. The molecule has 1 heterocycles. The Bertz CT molecular complexity index is 748. The predicted molar refractivity (Wildman–Crippen MR) is 89.5 cm³/mol. The minimum Gasteiger partial charge on any atom is -0.477 e. The summed E-state index contributed by atoms with van der Waals surface area (Å²) in [5.41, 5.74) is 1.78. The molecule has 1 fully saturated rings. The van der Waals surface area contributed by atoms with Gasteiger partial charge in [0.1, 0.15) is 6.07 Å². The van der Waals surface area contributed by atoms with Crippen molar-refractivity contribution in [1.29, 1.82) is 5.26 Å². The summed E-state index contributed by atoms with van der Waals surface area (Å²) in [5, 5.41) is 14.4. The number of carbonyl (C=O) groups is 1. The first-order valence-electron chi connectivity index (χ1n) is 7.86. The van der Waals surface area contributed by atoms with E-state index in [1.807, 2.05) is 18.2 Å². The van der Waals surface area contributed by atoms with Gasteiger partial charge in [-0.15, -0.1) is 0 Å². The monoisotopic (exact) mass is 322 g/mol. The summed E-state index contributed by atoms with van der Waals surface area (Å²) in [6.07, 6.45) is 4.17. The van der Waals surface area contributed by atoms with Crippen LogP contribution < -0.4 is 15.4 Å². The van der Waals surface area contributed by atoms with Crippen molar-refractivity contribution in [1.82, 2.24) is 10.3 Å². The second-order valence-electron chi connectivity index (χ2n) is 5.72. The zero-order valence-electron chi connectivity index (χ0n) is 13.2. The van der Waals surface area contributed by atoms with E-state index in [0.717, 1.165) is 12.2 Å².